The van der Waals surface area contributed by atoms with Crippen LogP contribution in [0, 0.1) is 24.6 Å². The van der Waals surface area contributed by atoms with Gasteiger partial charge in [0.2, 0.25) is 5.95 Å². The van der Waals surface area contributed by atoms with Crippen molar-refractivity contribution < 1.29 is 4.39 Å². The molecule has 0 spiro atoms. The molecule has 1 aromatic carbocycles. The number of piperidine rings is 2. The minimum atomic E-state index is -0.459. The van der Waals surface area contributed by atoms with Gasteiger partial charge in [-0.25, -0.2) is 24.3 Å². The highest BCUT2D eigenvalue weighted by Crippen LogP contribution is 2.34. The van der Waals surface area contributed by atoms with E-state index in [0.717, 1.165) is 36.6 Å². The van der Waals surface area contributed by atoms with Gasteiger partial charge in [-0.3, -0.25) is 0 Å². The standard InChI is InChI=1S/C24H29ClFN7/c1-15-21-22(23(28-14-27-21)30-18-3-4-20(26)19(25)13-18)31-24(29-15)33-11-7-17(8-12-33)16-5-9-32(2)10-6-16/h3-4,13-14,16-17H,5-12H2,1-2H3,(H,27,28,30). The number of fused-ring (bicyclic) bond motifs is 1. The summed E-state index contributed by atoms with van der Waals surface area (Å²) in [6.45, 7) is 6.31. The van der Waals surface area contributed by atoms with Crippen LogP contribution >= 0.6 is 11.6 Å². The highest BCUT2D eigenvalue weighted by atomic mass is 35.5. The molecule has 7 nitrogen and oxygen atoms in total. The molecule has 2 aromatic heterocycles. The number of likely N-dealkylation sites (tertiary alicyclic amines) is 1. The van der Waals surface area contributed by atoms with Gasteiger partial charge in [-0.15, -0.1) is 0 Å². The van der Waals surface area contributed by atoms with Gasteiger partial charge >= 0.3 is 0 Å². The molecule has 2 saturated heterocycles. The van der Waals surface area contributed by atoms with Gasteiger partial charge in [-0.05, 0) is 82.8 Å². The van der Waals surface area contributed by atoms with Gasteiger partial charge in [0.1, 0.15) is 23.2 Å². The number of benzene rings is 1. The molecule has 1 N–H and O–H groups in total. The monoisotopic (exact) mass is 469 g/mol. The van der Waals surface area contributed by atoms with Crippen molar-refractivity contribution in [3.05, 3.63) is 41.1 Å². The van der Waals surface area contributed by atoms with Crippen LogP contribution in [0.5, 0.6) is 0 Å². The molecule has 2 fully saturated rings. The van der Waals surface area contributed by atoms with Crippen molar-refractivity contribution in [2.24, 2.45) is 11.8 Å². The molecule has 0 aliphatic carbocycles. The van der Waals surface area contributed by atoms with Crippen molar-refractivity contribution in [3.63, 3.8) is 0 Å². The van der Waals surface area contributed by atoms with E-state index in [1.54, 1.807) is 6.07 Å². The first-order chi connectivity index (χ1) is 16.0. The summed E-state index contributed by atoms with van der Waals surface area (Å²) in [4.78, 5) is 23.1. The average Bonchev–Trinajstić information content (AvgIpc) is 2.82. The van der Waals surface area contributed by atoms with E-state index >= 15 is 0 Å². The number of nitrogens with zero attached hydrogens (tertiary/aromatic N) is 6. The van der Waals surface area contributed by atoms with Crippen molar-refractivity contribution in [1.82, 2.24) is 24.8 Å². The second kappa shape index (κ2) is 9.35. The molecule has 0 amide bonds. The van der Waals surface area contributed by atoms with Crippen molar-refractivity contribution in [2.45, 2.75) is 32.6 Å². The van der Waals surface area contributed by atoms with Gasteiger partial charge in [0.05, 0.1) is 10.7 Å². The zero-order valence-corrected chi connectivity index (χ0v) is 19.8. The zero-order valence-electron chi connectivity index (χ0n) is 19.1. The fraction of sp³-hybridized carbons (Fsp3) is 0.500. The maximum Gasteiger partial charge on any atom is 0.226 e. The van der Waals surface area contributed by atoms with Crippen molar-refractivity contribution in [1.29, 1.82) is 0 Å². The lowest BCUT2D eigenvalue weighted by Crippen LogP contribution is -2.40. The lowest BCUT2D eigenvalue weighted by atomic mass is 9.79. The van der Waals surface area contributed by atoms with E-state index in [1.807, 2.05) is 6.92 Å². The average molecular weight is 470 g/mol. The van der Waals surface area contributed by atoms with Gasteiger partial charge in [-0.1, -0.05) is 11.6 Å². The molecule has 0 unspecified atom stereocenters. The van der Waals surface area contributed by atoms with Crippen LogP contribution in [0.2, 0.25) is 5.02 Å². The predicted molar refractivity (Wildman–Crippen MR) is 130 cm³/mol. The molecule has 2 aliphatic rings. The van der Waals surface area contributed by atoms with Gasteiger partial charge in [0.15, 0.2) is 5.82 Å². The van der Waals surface area contributed by atoms with Crippen molar-refractivity contribution >= 4 is 40.1 Å². The predicted octanol–water partition coefficient (Wildman–Crippen LogP) is 4.82. The summed E-state index contributed by atoms with van der Waals surface area (Å²) < 4.78 is 13.6. The fourth-order valence-corrected chi connectivity index (χ4v) is 5.27. The zero-order chi connectivity index (χ0) is 22.9. The van der Waals surface area contributed by atoms with Crippen molar-refractivity contribution in [2.75, 3.05) is 43.4 Å². The topological polar surface area (TPSA) is 70.1 Å². The van der Waals surface area contributed by atoms with Crippen LogP contribution in [-0.4, -0.2) is 58.1 Å². The largest absolute Gasteiger partial charge is 0.341 e. The fourth-order valence-electron chi connectivity index (χ4n) is 5.09. The normalized spacial score (nSPS) is 18.7. The van der Waals surface area contributed by atoms with Gasteiger partial charge in [-0.2, -0.15) is 0 Å². The molecule has 0 atom stereocenters. The molecule has 0 radical (unpaired) electrons. The third-order valence-electron chi connectivity index (χ3n) is 7.08. The third-order valence-corrected chi connectivity index (χ3v) is 7.37. The van der Waals surface area contributed by atoms with E-state index in [4.69, 9.17) is 21.6 Å². The van der Waals surface area contributed by atoms with Crippen LogP contribution < -0.4 is 10.2 Å². The molecule has 5 rings (SSSR count). The maximum absolute atomic E-state index is 13.6. The first-order valence-corrected chi connectivity index (χ1v) is 12.0. The molecule has 2 aliphatic heterocycles. The maximum atomic E-state index is 13.6. The van der Waals surface area contributed by atoms with Gasteiger partial charge in [0.25, 0.3) is 0 Å². The number of anilines is 3. The lowest BCUT2D eigenvalue weighted by Gasteiger charge is -2.39. The second-order valence-corrected chi connectivity index (χ2v) is 9.65. The minimum Gasteiger partial charge on any atom is -0.341 e. The first kappa shape index (κ1) is 22.2. The molecule has 0 saturated carbocycles. The van der Waals surface area contributed by atoms with Crippen LogP contribution in [0.15, 0.2) is 24.5 Å². The number of rotatable bonds is 4. The number of halogens is 2. The Labute approximate surface area is 198 Å². The Morgan fingerprint density at radius 1 is 0.970 bits per heavy atom. The molecule has 3 aromatic rings. The molecule has 4 heterocycles. The number of aromatic nitrogens is 4. The van der Waals surface area contributed by atoms with Crippen LogP contribution in [0.25, 0.3) is 11.0 Å². The Bertz CT molecular complexity index is 1140. The van der Waals surface area contributed by atoms with E-state index < -0.39 is 5.82 Å². The Kier molecular flexibility index (Phi) is 6.29. The first-order valence-electron chi connectivity index (χ1n) is 11.6. The summed E-state index contributed by atoms with van der Waals surface area (Å²) >= 11 is 5.94. The van der Waals surface area contributed by atoms with Crippen LogP contribution in [-0.2, 0) is 0 Å². The van der Waals surface area contributed by atoms with E-state index in [9.17, 15) is 4.39 Å². The lowest BCUT2D eigenvalue weighted by molar-refractivity contribution is 0.153. The Hall–Kier alpha value is -2.58. The summed E-state index contributed by atoms with van der Waals surface area (Å²) in [6.07, 6.45) is 6.47. The minimum absolute atomic E-state index is 0.0531. The smallest absolute Gasteiger partial charge is 0.226 e. The number of aryl methyl sites for hydroxylation is 1. The molecule has 33 heavy (non-hydrogen) atoms. The Balaban J connectivity index is 1.36. The van der Waals surface area contributed by atoms with Crippen molar-refractivity contribution in [3.8, 4) is 0 Å². The Morgan fingerprint density at radius 2 is 1.67 bits per heavy atom. The summed E-state index contributed by atoms with van der Waals surface area (Å²) in [5.41, 5.74) is 2.80. The summed E-state index contributed by atoms with van der Waals surface area (Å²) in [5.74, 6) is 2.45. The van der Waals surface area contributed by atoms with Crippen LogP contribution in [0.3, 0.4) is 0 Å². The number of hydrogen-bond donors (Lipinski definition) is 1. The highest BCUT2D eigenvalue weighted by Gasteiger charge is 2.30. The van der Waals surface area contributed by atoms with Crippen LogP contribution in [0.1, 0.15) is 31.4 Å². The molecule has 0 bridgehead atoms. The third kappa shape index (κ3) is 4.73. The van der Waals surface area contributed by atoms with Crippen LogP contribution in [0.4, 0.5) is 21.8 Å². The van der Waals surface area contributed by atoms with E-state index in [1.165, 1.54) is 57.2 Å². The molecular formula is C24H29ClFN7. The summed E-state index contributed by atoms with van der Waals surface area (Å²) in [7, 11) is 2.22. The highest BCUT2D eigenvalue weighted by molar-refractivity contribution is 6.31. The second-order valence-electron chi connectivity index (χ2n) is 9.25. The molecule has 174 valence electrons. The molecule has 9 heteroatoms. The SMILES string of the molecule is Cc1nc(N2CCC(C3CCN(C)CC3)CC2)nc2c(Nc3ccc(F)c(Cl)c3)ncnc12. The summed E-state index contributed by atoms with van der Waals surface area (Å²) in [5, 5.41) is 3.26. The Morgan fingerprint density at radius 3 is 2.36 bits per heavy atom. The van der Waals surface area contributed by atoms with Gasteiger partial charge in [0, 0.05) is 18.8 Å². The van der Waals surface area contributed by atoms with E-state index in [0.29, 0.717) is 22.5 Å². The van der Waals surface area contributed by atoms with E-state index in [2.05, 4.69) is 32.1 Å². The molecular weight excluding hydrogens is 441 g/mol. The summed E-state index contributed by atoms with van der Waals surface area (Å²) in [6, 6.07) is 4.49. The van der Waals surface area contributed by atoms with E-state index in [-0.39, 0.29) is 5.02 Å². The van der Waals surface area contributed by atoms with Gasteiger partial charge < -0.3 is 15.1 Å². The number of nitrogens with one attached hydrogen (secondary N) is 1. The quantitative estimate of drug-likeness (QED) is 0.587. The number of hydrogen-bond acceptors (Lipinski definition) is 7.